The van der Waals surface area contributed by atoms with Crippen LogP contribution in [0.25, 0.3) is 0 Å². The van der Waals surface area contributed by atoms with Crippen LogP contribution >= 0.6 is 0 Å². The minimum Gasteiger partial charge on any atom is -0.370 e. The third-order valence-corrected chi connectivity index (χ3v) is 4.01. The smallest absolute Gasteiger partial charge is 0.0598 e. The fourth-order valence-electron chi connectivity index (χ4n) is 2.87. The van der Waals surface area contributed by atoms with Crippen molar-refractivity contribution >= 4 is 5.69 Å². The molecule has 1 fully saturated rings. The second-order valence-corrected chi connectivity index (χ2v) is 6.08. The SMILES string of the molecule is CC(C)CNCc1ccncc1N(C)C1CCCC1. The van der Waals surface area contributed by atoms with Crippen LogP contribution in [-0.2, 0) is 6.54 Å². The molecule has 0 bridgehead atoms. The van der Waals surface area contributed by atoms with E-state index >= 15 is 0 Å². The molecule has 0 atom stereocenters. The van der Waals surface area contributed by atoms with Crippen LogP contribution in [0.2, 0.25) is 0 Å². The van der Waals surface area contributed by atoms with Crippen LogP contribution in [-0.4, -0.2) is 24.6 Å². The van der Waals surface area contributed by atoms with Crippen molar-refractivity contribution in [3.63, 3.8) is 0 Å². The van der Waals surface area contributed by atoms with Crippen LogP contribution in [0.3, 0.4) is 0 Å². The number of rotatable bonds is 6. The van der Waals surface area contributed by atoms with Crippen molar-refractivity contribution in [3.05, 3.63) is 24.0 Å². The van der Waals surface area contributed by atoms with Crippen LogP contribution in [0.4, 0.5) is 5.69 Å². The van der Waals surface area contributed by atoms with E-state index < -0.39 is 0 Å². The minimum atomic E-state index is 0.692. The van der Waals surface area contributed by atoms with E-state index in [1.54, 1.807) is 0 Å². The molecule has 19 heavy (non-hydrogen) atoms. The number of nitrogens with zero attached hydrogens (tertiary/aromatic N) is 2. The van der Waals surface area contributed by atoms with Crippen LogP contribution < -0.4 is 10.2 Å². The number of anilines is 1. The molecule has 106 valence electrons. The van der Waals surface area contributed by atoms with E-state index in [0.29, 0.717) is 12.0 Å². The lowest BCUT2D eigenvalue weighted by Gasteiger charge is -2.28. The molecule has 0 saturated heterocycles. The zero-order chi connectivity index (χ0) is 13.7. The summed E-state index contributed by atoms with van der Waals surface area (Å²) in [5.41, 5.74) is 2.66. The number of pyridine rings is 1. The van der Waals surface area contributed by atoms with Gasteiger partial charge in [0.1, 0.15) is 0 Å². The molecule has 1 heterocycles. The topological polar surface area (TPSA) is 28.2 Å². The first kappa shape index (κ1) is 14.3. The Labute approximate surface area is 117 Å². The average molecular weight is 261 g/mol. The highest BCUT2D eigenvalue weighted by molar-refractivity contribution is 5.52. The van der Waals surface area contributed by atoms with Gasteiger partial charge in [0.25, 0.3) is 0 Å². The normalized spacial score (nSPS) is 16.2. The van der Waals surface area contributed by atoms with Crippen LogP contribution in [0.1, 0.15) is 45.1 Å². The lowest BCUT2D eigenvalue weighted by Crippen LogP contribution is -2.30. The Balaban J connectivity index is 2.02. The monoisotopic (exact) mass is 261 g/mol. The second-order valence-electron chi connectivity index (χ2n) is 6.08. The fourth-order valence-corrected chi connectivity index (χ4v) is 2.87. The summed E-state index contributed by atoms with van der Waals surface area (Å²) in [7, 11) is 2.22. The first-order chi connectivity index (χ1) is 9.18. The summed E-state index contributed by atoms with van der Waals surface area (Å²) >= 11 is 0. The van der Waals surface area contributed by atoms with E-state index in [1.807, 2.05) is 12.4 Å². The van der Waals surface area contributed by atoms with Crippen molar-refractivity contribution < 1.29 is 0 Å². The molecule has 0 radical (unpaired) electrons. The maximum Gasteiger partial charge on any atom is 0.0598 e. The molecule has 3 nitrogen and oxygen atoms in total. The quantitative estimate of drug-likeness (QED) is 0.852. The summed E-state index contributed by atoms with van der Waals surface area (Å²) in [6.07, 6.45) is 9.31. The summed E-state index contributed by atoms with van der Waals surface area (Å²) in [4.78, 5) is 6.75. The lowest BCUT2D eigenvalue weighted by atomic mass is 10.1. The summed E-state index contributed by atoms with van der Waals surface area (Å²) in [5, 5.41) is 3.53. The van der Waals surface area contributed by atoms with E-state index in [9.17, 15) is 0 Å². The molecular formula is C16H27N3. The van der Waals surface area contributed by atoms with Crippen LogP contribution in [0.15, 0.2) is 18.5 Å². The van der Waals surface area contributed by atoms with E-state index in [-0.39, 0.29) is 0 Å². The summed E-state index contributed by atoms with van der Waals surface area (Å²) < 4.78 is 0. The Morgan fingerprint density at radius 1 is 1.37 bits per heavy atom. The summed E-state index contributed by atoms with van der Waals surface area (Å²) in [6, 6.07) is 2.85. The molecule has 3 heteroatoms. The number of hydrogen-bond acceptors (Lipinski definition) is 3. The van der Waals surface area contributed by atoms with Gasteiger partial charge in [-0.1, -0.05) is 26.7 Å². The largest absolute Gasteiger partial charge is 0.370 e. The van der Waals surface area contributed by atoms with Crippen molar-refractivity contribution in [2.45, 2.75) is 52.1 Å². The molecule has 0 unspecified atom stereocenters. The molecule has 1 saturated carbocycles. The standard InChI is InChI=1S/C16H27N3/c1-13(2)10-18-11-14-8-9-17-12-16(14)19(3)15-6-4-5-7-15/h8-9,12-13,15,18H,4-7,10-11H2,1-3H3. The van der Waals surface area contributed by atoms with Gasteiger partial charge < -0.3 is 10.2 Å². The highest BCUT2D eigenvalue weighted by atomic mass is 15.1. The van der Waals surface area contributed by atoms with E-state index in [0.717, 1.165) is 13.1 Å². The van der Waals surface area contributed by atoms with Gasteiger partial charge in [-0.05, 0) is 36.9 Å². The molecule has 0 spiro atoms. The average Bonchev–Trinajstić information content (AvgIpc) is 2.92. The van der Waals surface area contributed by atoms with Crippen molar-refractivity contribution in [2.24, 2.45) is 5.92 Å². The third-order valence-electron chi connectivity index (χ3n) is 4.01. The lowest BCUT2D eigenvalue weighted by molar-refractivity contribution is 0.550. The molecule has 1 aromatic rings. The van der Waals surface area contributed by atoms with Crippen molar-refractivity contribution in [3.8, 4) is 0 Å². The number of aromatic nitrogens is 1. The Hall–Kier alpha value is -1.09. The Bertz CT molecular complexity index is 383. The highest BCUT2D eigenvalue weighted by Gasteiger charge is 2.21. The molecule has 0 amide bonds. The first-order valence-electron chi connectivity index (χ1n) is 7.55. The van der Waals surface area contributed by atoms with Gasteiger partial charge in [-0.3, -0.25) is 4.98 Å². The predicted octanol–water partition coefficient (Wildman–Crippen LogP) is 3.21. The van der Waals surface area contributed by atoms with Gasteiger partial charge in [-0.25, -0.2) is 0 Å². The van der Waals surface area contributed by atoms with Gasteiger partial charge in [0, 0.05) is 25.8 Å². The maximum absolute atomic E-state index is 4.31. The molecule has 1 N–H and O–H groups in total. The van der Waals surface area contributed by atoms with Crippen LogP contribution in [0.5, 0.6) is 0 Å². The number of nitrogens with one attached hydrogen (secondary N) is 1. The molecule has 1 aliphatic rings. The van der Waals surface area contributed by atoms with Gasteiger partial charge in [0.15, 0.2) is 0 Å². The summed E-state index contributed by atoms with van der Waals surface area (Å²) in [6.45, 7) is 6.48. The van der Waals surface area contributed by atoms with Gasteiger partial charge in [-0.2, -0.15) is 0 Å². The second kappa shape index (κ2) is 6.90. The Kier molecular flexibility index (Phi) is 5.20. The highest BCUT2D eigenvalue weighted by Crippen LogP contribution is 2.28. The Morgan fingerprint density at radius 2 is 2.11 bits per heavy atom. The zero-order valence-electron chi connectivity index (χ0n) is 12.5. The first-order valence-corrected chi connectivity index (χ1v) is 7.55. The van der Waals surface area contributed by atoms with Gasteiger partial charge in [0.2, 0.25) is 0 Å². The van der Waals surface area contributed by atoms with Crippen LogP contribution in [0, 0.1) is 5.92 Å². The van der Waals surface area contributed by atoms with Crippen molar-refractivity contribution in [1.29, 1.82) is 0 Å². The van der Waals surface area contributed by atoms with E-state index in [1.165, 1.54) is 36.9 Å². The number of hydrogen-bond donors (Lipinski definition) is 1. The van der Waals surface area contributed by atoms with E-state index in [2.05, 4.69) is 42.2 Å². The van der Waals surface area contributed by atoms with E-state index in [4.69, 9.17) is 0 Å². The third kappa shape index (κ3) is 3.93. The molecular weight excluding hydrogens is 234 g/mol. The Morgan fingerprint density at radius 3 is 2.79 bits per heavy atom. The van der Waals surface area contributed by atoms with Crippen molar-refractivity contribution in [1.82, 2.24) is 10.3 Å². The fraction of sp³-hybridized carbons (Fsp3) is 0.688. The van der Waals surface area contributed by atoms with Gasteiger partial charge >= 0.3 is 0 Å². The predicted molar refractivity (Wildman–Crippen MR) is 81.4 cm³/mol. The molecule has 2 rings (SSSR count). The van der Waals surface area contributed by atoms with Crippen molar-refractivity contribution in [2.75, 3.05) is 18.5 Å². The summed E-state index contributed by atoms with van der Waals surface area (Å²) in [5.74, 6) is 0.692. The molecule has 1 aliphatic carbocycles. The van der Waals surface area contributed by atoms with Gasteiger partial charge in [0.05, 0.1) is 11.9 Å². The molecule has 0 aromatic carbocycles. The minimum absolute atomic E-state index is 0.692. The molecule has 0 aliphatic heterocycles. The molecule has 1 aromatic heterocycles. The van der Waals surface area contributed by atoms with Gasteiger partial charge in [-0.15, -0.1) is 0 Å². The zero-order valence-corrected chi connectivity index (χ0v) is 12.5. The maximum atomic E-state index is 4.31.